The fraction of sp³-hybridized carbons (Fsp3) is 0.455. The van der Waals surface area contributed by atoms with Crippen LogP contribution in [0.3, 0.4) is 0 Å². The molecular weight excluding hydrogens is 196 g/mol. The number of nitrogens with two attached hydrogens (primary N) is 1. The third-order valence-electron chi connectivity index (χ3n) is 2.76. The van der Waals surface area contributed by atoms with Crippen molar-refractivity contribution in [2.75, 3.05) is 24.5 Å². The van der Waals surface area contributed by atoms with Gasteiger partial charge >= 0.3 is 0 Å². The van der Waals surface area contributed by atoms with E-state index in [-0.39, 0.29) is 12.4 Å². The largest absolute Gasteiger partial charge is 0.370 e. The molecule has 1 aromatic rings. The van der Waals surface area contributed by atoms with Crippen LogP contribution >= 0.6 is 12.4 Å². The first-order chi connectivity index (χ1) is 6.33. The van der Waals surface area contributed by atoms with Crippen molar-refractivity contribution in [3.8, 4) is 0 Å². The van der Waals surface area contributed by atoms with E-state index in [9.17, 15) is 0 Å². The van der Waals surface area contributed by atoms with Crippen LogP contribution in [0, 0.1) is 6.92 Å². The zero-order valence-corrected chi connectivity index (χ0v) is 9.31. The predicted molar refractivity (Wildman–Crippen MR) is 63.4 cm³/mol. The average Bonchev–Trinajstić information content (AvgIpc) is 2.51. The Bertz CT molecular complexity index is 312. The number of hydrogen-bond donors (Lipinski definition) is 1. The lowest BCUT2D eigenvalue weighted by Crippen LogP contribution is -2.27. The van der Waals surface area contributed by atoms with Crippen LogP contribution in [0.4, 0.5) is 5.69 Å². The molecule has 2 N–H and O–H groups in total. The topological polar surface area (TPSA) is 29.3 Å². The molecule has 1 aliphatic rings. The van der Waals surface area contributed by atoms with Crippen LogP contribution < -0.4 is 10.6 Å². The van der Waals surface area contributed by atoms with E-state index in [1.807, 2.05) is 0 Å². The van der Waals surface area contributed by atoms with E-state index >= 15 is 0 Å². The van der Waals surface area contributed by atoms with Gasteiger partial charge in [0.15, 0.2) is 0 Å². The van der Waals surface area contributed by atoms with Crippen molar-refractivity contribution in [2.45, 2.75) is 13.3 Å². The Hall–Kier alpha value is -0.730. The second-order valence-electron chi connectivity index (χ2n) is 3.60. The predicted octanol–water partition coefficient (Wildman–Crippen LogP) is 1.74. The number of rotatable bonds is 2. The second kappa shape index (κ2) is 4.67. The lowest BCUT2D eigenvalue weighted by Gasteiger charge is -2.18. The molecule has 0 amide bonds. The van der Waals surface area contributed by atoms with E-state index in [0.29, 0.717) is 0 Å². The molecule has 0 radical (unpaired) electrons. The summed E-state index contributed by atoms with van der Waals surface area (Å²) in [6.07, 6.45) is 1.18. The molecule has 1 heterocycles. The van der Waals surface area contributed by atoms with Gasteiger partial charge in [-0.1, -0.05) is 12.1 Å². The summed E-state index contributed by atoms with van der Waals surface area (Å²) >= 11 is 0. The van der Waals surface area contributed by atoms with Gasteiger partial charge in [0.2, 0.25) is 0 Å². The summed E-state index contributed by atoms with van der Waals surface area (Å²) in [6.45, 7) is 5.05. The monoisotopic (exact) mass is 212 g/mol. The maximum Gasteiger partial charge on any atom is 0.0402 e. The minimum absolute atomic E-state index is 0. The van der Waals surface area contributed by atoms with Gasteiger partial charge in [-0.2, -0.15) is 0 Å². The lowest BCUT2D eigenvalue weighted by molar-refractivity contribution is 0.821. The number of fused-ring (bicyclic) bond motifs is 1. The first-order valence-electron chi connectivity index (χ1n) is 4.86. The van der Waals surface area contributed by atoms with Crippen molar-refractivity contribution in [3.63, 3.8) is 0 Å². The molecule has 2 nitrogen and oxygen atoms in total. The van der Waals surface area contributed by atoms with Gasteiger partial charge in [-0.25, -0.2) is 0 Å². The second-order valence-corrected chi connectivity index (χ2v) is 3.60. The number of halogens is 1. The van der Waals surface area contributed by atoms with Crippen LogP contribution in [-0.2, 0) is 6.42 Å². The minimum Gasteiger partial charge on any atom is -0.370 e. The summed E-state index contributed by atoms with van der Waals surface area (Å²) in [7, 11) is 0. The van der Waals surface area contributed by atoms with Crippen molar-refractivity contribution < 1.29 is 0 Å². The first-order valence-corrected chi connectivity index (χ1v) is 4.86. The standard InChI is InChI=1S/C11H16N2.ClH/c1-9-3-2-4-11-10(9)5-7-13(11)8-6-12;/h2-4H,5-8,12H2,1H3;1H. The van der Waals surface area contributed by atoms with E-state index in [4.69, 9.17) is 5.73 Å². The number of hydrogen-bond acceptors (Lipinski definition) is 2. The van der Waals surface area contributed by atoms with Gasteiger partial charge in [-0.15, -0.1) is 12.4 Å². The Morgan fingerprint density at radius 3 is 2.93 bits per heavy atom. The number of benzene rings is 1. The van der Waals surface area contributed by atoms with Gasteiger partial charge < -0.3 is 10.6 Å². The van der Waals surface area contributed by atoms with Gasteiger partial charge in [0, 0.05) is 25.3 Å². The van der Waals surface area contributed by atoms with E-state index in [1.54, 1.807) is 0 Å². The van der Waals surface area contributed by atoms with Crippen LogP contribution in [-0.4, -0.2) is 19.6 Å². The zero-order chi connectivity index (χ0) is 9.26. The van der Waals surface area contributed by atoms with Gasteiger partial charge in [0.05, 0.1) is 0 Å². The Kier molecular flexibility index (Phi) is 3.78. The summed E-state index contributed by atoms with van der Waals surface area (Å²) in [5.74, 6) is 0. The molecule has 0 atom stereocenters. The summed E-state index contributed by atoms with van der Waals surface area (Å²) < 4.78 is 0. The lowest BCUT2D eigenvalue weighted by atomic mass is 10.1. The van der Waals surface area contributed by atoms with Crippen LogP contribution in [0.15, 0.2) is 18.2 Å². The Labute approximate surface area is 91.5 Å². The van der Waals surface area contributed by atoms with Gasteiger partial charge in [0.25, 0.3) is 0 Å². The molecule has 0 unspecified atom stereocenters. The molecule has 2 rings (SSSR count). The molecule has 0 saturated heterocycles. The molecule has 0 spiro atoms. The van der Waals surface area contributed by atoms with Gasteiger partial charge in [-0.05, 0) is 30.5 Å². The molecule has 0 aliphatic carbocycles. The highest BCUT2D eigenvalue weighted by atomic mass is 35.5. The SMILES string of the molecule is Cc1cccc2c1CCN2CCN.Cl. The highest BCUT2D eigenvalue weighted by Crippen LogP contribution is 2.29. The van der Waals surface area contributed by atoms with Crippen molar-refractivity contribution in [3.05, 3.63) is 29.3 Å². The van der Waals surface area contributed by atoms with Crippen molar-refractivity contribution in [1.29, 1.82) is 0 Å². The maximum atomic E-state index is 5.56. The number of anilines is 1. The first kappa shape index (κ1) is 11.3. The molecule has 0 fully saturated rings. The van der Waals surface area contributed by atoms with Gasteiger partial charge in [0.1, 0.15) is 0 Å². The fourth-order valence-electron chi connectivity index (χ4n) is 2.06. The molecule has 14 heavy (non-hydrogen) atoms. The van der Waals surface area contributed by atoms with Crippen LogP contribution in [0.2, 0.25) is 0 Å². The fourth-order valence-corrected chi connectivity index (χ4v) is 2.06. The molecular formula is C11H17ClN2. The van der Waals surface area contributed by atoms with Crippen LogP contribution in [0.25, 0.3) is 0 Å². The average molecular weight is 213 g/mol. The summed E-state index contributed by atoms with van der Waals surface area (Å²) in [5, 5.41) is 0. The van der Waals surface area contributed by atoms with Crippen molar-refractivity contribution in [2.24, 2.45) is 5.73 Å². The molecule has 0 saturated carbocycles. The molecule has 3 heteroatoms. The highest BCUT2D eigenvalue weighted by molar-refractivity contribution is 5.85. The Morgan fingerprint density at radius 2 is 2.21 bits per heavy atom. The third kappa shape index (κ3) is 1.86. The summed E-state index contributed by atoms with van der Waals surface area (Å²) in [4.78, 5) is 2.38. The quantitative estimate of drug-likeness (QED) is 0.809. The normalized spacial score (nSPS) is 13.7. The van der Waals surface area contributed by atoms with Crippen LogP contribution in [0.1, 0.15) is 11.1 Å². The molecule has 78 valence electrons. The molecule has 1 aromatic carbocycles. The zero-order valence-electron chi connectivity index (χ0n) is 8.49. The summed E-state index contributed by atoms with van der Waals surface area (Å²) in [6, 6.07) is 6.51. The van der Waals surface area contributed by atoms with Crippen molar-refractivity contribution >= 4 is 18.1 Å². The molecule has 0 aromatic heterocycles. The number of nitrogens with zero attached hydrogens (tertiary/aromatic N) is 1. The van der Waals surface area contributed by atoms with E-state index in [2.05, 4.69) is 30.0 Å². The molecule has 0 bridgehead atoms. The Balaban J connectivity index is 0.000000980. The van der Waals surface area contributed by atoms with E-state index in [1.165, 1.54) is 23.2 Å². The third-order valence-corrected chi connectivity index (χ3v) is 2.76. The van der Waals surface area contributed by atoms with Crippen molar-refractivity contribution in [1.82, 2.24) is 0 Å². The number of aryl methyl sites for hydroxylation is 1. The Morgan fingerprint density at radius 1 is 1.43 bits per heavy atom. The van der Waals surface area contributed by atoms with Crippen LogP contribution in [0.5, 0.6) is 0 Å². The van der Waals surface area contributed by atoms with E-state index in [0.717, 1.165) is 19.6 Å². The molecule has 1 aliphatic heterocycles. The highest BCUT2D eigenvalue weighted by Gasteiger charge is 2.18. The minimum atomic E-state index is 0. The summed E-state index contributed by atoms with van der Waals surface area (Å²) in [5.41, 5.74) is 9.88. The smallest absolute Gasteiger partial charge is 0.0402 e. The van der Waals surface area contributed by atoms with Gasteiger partial charge in [-0.3, -0.25) is 0 Å². The van der Waals surface area contributed by atoms with E-state index < -0.39 is 0 Å². The maximum absolute atomic E-state index is 5.56.